The molecular formula is C9H13N3O2. The Morgan fingerprint density at radius 3 is 2.86 bits per heavy atom. The third kappa shape index (κ3) is 2.32. The fourth-order valence-electron chi connectivity index (χ4n) is 1.38. The predicted molar refractivity (Wildman–Crippen MR) is 50.9 cm³/mol. The first-order chi connectivity index (χ1) is 6.84. The number of rotatable bonds is 2. The third-order valence-corrected chi connectivity index (χ3v) is 2.09. The normalized spacial score (nSPS) is 18.0. The van der Waals surface area contributed by atoms with Gasteiger partial charge in [-0.15, -0.1) is 0 Å². The fourth-order valence-corrected chi connectivity index (χ4v) is 1.38. The van der Waals surface area contributed by atoms with Gasteiger partial charge in [-0.05, 0) is 0 Å². The standard InChI is InChI=1S/C9H13N3O2/c10-8-5-11-6-9(12-8)14-7-1-3-13-4-2-7/h5-7H,1-4H2,(H2,10,12). The Morgan fingerprint density at radius 2 is 2.14 bits per heavy atom. The molecule has 1 saturated heterocycles. The van der Waals surface area contributed by atoms with Crippen molar-refractivity contribution in [3.8, 4) is 5.88 Å². The van der Waals surface area contributed by atoms with Crippen LogP contribution in [0.1, 0.15) is 12.8 Å². The summed E-state index contributed by atoms with van der Waals surface area (Å²) in [4.78, 5) is 7.93. The van der Waals surface area contributed by atoms with Crippen molar-refractivity contribution in [1.82, 2.24) is 9.97 Å². The quantitative estimate of drug-likeness (QED) is 0.749. The molecule has 1 aliphatic rings. The number of ether oxygens (including phenoxy) is 2. The van der Waals surface area contributed by atoms with Gasteiger partial charge in [0.1, 0.15) is 11.9 Å². The van der Waals surface area contributed by atoms with Crippen LogP contribution in [0.4, 0.5) is 5.82 Å². The minimum absolute atomic E-state index is 0.180. The number of hydrogen-bond donors (Lipinski definition) is 1. The van der Waals surface area contributed by atoms with Crippen LogP contribution in [-0.4, -0.2) is 29.3 Å². The van der Waals surface area contributed by atoms with E-state index in [2.05, 4.69) is 9.97 Å². The molecule has 1 fully saturated rings. The zero-order valence-corrected chi connectivity index (χ0v) is 7.85. The van der Waals surface area contributed by atoms with Crippen molar-refractivity contribution in [3.63, 3.8) is 0 Å². The fraction of sp³-hybridized carbons (Fsp3) is 0.556. The van der Waals surface area contributed by atoms with Gasteiger partial charge >= 0.3 is 0 Å². The molecule has 76 valence electrons. The Balaban J connectivity index is 1.95. The first-order valence-corrected chi connectivity index (χ1v) is 4.66. The van der Waals surface area contributed by atoms with Crippen LogP contribution in [0.25, 0.3) is 0 Å². The Morgan fingerprint density at radius 1 is 1.36 bits per heavy atom. The Kier molecular flexibility index (Phi) is 2.78. The van der Waals surface area contributed by atoms with Crippen LogP contribution in [0, 0.1) is 0 Å². The highest BCUT2D eigenvalue weighted by Crippen LogP contribution is 2.15. The van der Waals surface area contributed by atoms with E-state index in [-0.39, 0.29) is 6.10 Å². The first kappa shape index (κ1) is 9.21. The molecule has 5 heteroatoms. The molecule has 1 aliphatic heterocycles. The van der Waals surface area contributed by atoms with E-state index in [0.29, 0.717) is 11.7 Å². The van der Waals surface area contributed by atoms with Crippen molar-refractivity contribution < 1.29 is 9.47 Å². The maximum Gasteiger partial charge on any atom is 0.234 e. The number of anilines is 1. The Labute approximate surface area is 82.3 Å². The summed E-state index contributed by atoms with van der Waals surface area (Å²) in [6.07, 6.45) is 5.05. The van der Waals surface area contributed by atoms with Crippen molar-refractivity contribution in [3.05, 3.63) is 12.4 Å². The van der Waals surface area contributed by atoms with Gasteiger partial charge < -0.3 is 15.2 Å². The van der Waals surface area contributed by atoms with Crippen molar-refractivity contribution in [2.24, 2.45) is 0 Å². The van der Waals surface area contributed by atoms with Gasteiger partial charge in [-0.2, -0.15) is 4.98 Å². The van der Waals surface area contributed by atoms with Crippen LogP contribution in [-0.2, 0) is 4.74 Å². The highest BCUT2D eigenvalue weighted by molar-refractivity contribution is 5.26. The summed E-state index contributed by atoms with van der Waals surface area (Å²) in [6.45, 7) is 1.50. The second kappa shape index (κ2) is 4.23. The molecule has 5 nitrogen and oxygen atoms in total. The van der Waals surface area contributed by atoms with E-state index in [1.807, 2.05) is 0 Å². The number of nitrogen functional groups attached to an aromatic ring is 1. The van der Waals surface area contributed by atoms with Crippen LogP contribution >= 0.6 is 0 Å². The number of nitrogens with two attached hydrogens (primary N) is 1. The highest BCUT2D eigenvalue weighted by Gasteiger charge is 2.15. The molecule has 0 saturated carbocycles. The molecule has 2 heterocycles. The van der Waals surface area contributed by atoms with E-state index >= 15 is 0 Å². The lowest BCUT2D eigenvalue weighted by molar-refractivity contribution is 0.0236. The molecule has 0 spiro atoms. The molecule has 2 N–H and O–H groups in total. The molecule has 0 atom stereocenters. The summed E-state index contributed by atoms with van der Waals surface area (Å²) in [5, 5.41) is 0. The van der Waals surface area contributed by atoms with Crippen LogP contribution in [0.5, 0.6) is 5.88 Å². The van der Waals surface area contributed by atoms with Crippen molar-refractivity contribution in [2.45, 2.75) is 18.9 Å². The summed E-state index contributed by atoms with van der Waals surface area (Å²) in [5.41, 5.74) is 5.49. The molecule has 1 aromatic rings. The molecule has 0 bridgehead atoms. The summed E-state index contributed by atoms with van der Waals surface area (Å²) in [6, 6.07) is 0. The molecule has 0 amide bonds. The maximum atomic E-state index is 5.60. The maximum absolute atomic E-state index is 5.60. The monoisotopic (exact) mass is 195 g/mol. The third-order valence-electron chi connectivity index (χ3n) is 2.09. The summed E-state index contributed by atoms with van der Waals surface area (Å²) in [5.74, 6) is 0.881. The molecule has 14 heavy (non-hydrogen) atoms. The molecule has 0 aromatic carbocycles. The average molecular weight is 195 g/mol. The van der Waals surface area contributed by atoms with Crippen molar-refractivity contribution in [2.75, 3.05) is 18.9 Å². The SMILES string of the molecule is Nc1cncc(OC2CCOCC2)n1. The largest absolute Gasteiger partial charge is 0.473 e. The van der Waals surface area contributed by atoms with E-state index in [1.165, 1.54) is 6.20 Å². The highest BCUT2D eigenvalue weighted by atomic mass is 16.5. The van der Waals surface area contributed by atoms with Gasteiger partial charge in [0.2, 0.25) is 5.88 Å². The second-order valence-corrected chi connectivity index (χ2v) is 3.21. The van der Waals surface area contributed by atoms with E-state index in [4.69, 9.17) is 15.2 Å². The lowest BCUT2D eigenvalue weighted by Gasteiger charge is -2.22. The summed E-state index contributed by atoms with van der Waals surface area (Å²) >= 11 is 0. The predicted octanol–water partition coefficient (Wildman–Crippen LogP) is 0.617. The Bertz CT molecular complexity index is 300. The van der Waals surface area contributed by atoms with Crippen molar-refractivity contribution in [1.29, 1.82) is 0 Å². The molecule has 1 aromatic heterocycles. The van der Waals surface area contributed by atoms with Gasteiger partial charge in [0.15, 0.2) is 0 Å². The van der Waals surface area contributed by atoms with Gasteiger partial charge in [0, 0.05) is 12.8 Å². The van der Waals surface area contributed by atoms with Crippen molar-refractivity contribution >= 4 is 5.82 Å². The van der Waals surface area contributed by atoms with Gasteiger partial charge in [-0.1, -0.05) is 0 Å². The zero-order valence-electron chi connectivity index (χ0n) is 7.85. The number of aromatic nitrogens is 2. The van der Waals surface area contributed by atoms with Gasteiger partial charge in [0.25, 0.3) is 0 Å². The van der Waals surface area contributed by atoms with Gasteiger partial charge in [0.05, 0.1) is 25.6 Å². The average Bonchev–Trinajstić information content (AvgIpc) is 2.19. The minimum atomic E-state index is 0.180. The molecule has 0 aliphatic carbocycles. The van der Waals surface area contributed by atoms with Crippen LogP contribution in [0.2, 0.25) is 0 Å². The zero-order chi connectivity index (χ0) is 9.80. The first-order valence-electron chi connectivity index (χ1n) is 4.66. The van der Waals surface area contributed by atoms with E-state index in [1.54, 1.807) is 6.20 Å². The van der Waals surface area contributed by atoms with Gasteiger partial charge in [-0.3, -0.25) is 4.98 Å². The number of hydrogen-bond acceptors (Lipinski definition) is 5. The smallest absolute Gasteiger partial charge is 0.234 e. The summed E-state index contributed by atoms with van der Waals surface area (Å²) in [7, 11) is 0. The second-order valence-electron chi connectivity index (χ2n) is 3.21. The van der Waals surface area contributed by atoms with Crippen LogP contribution in [0.3, 0.4) is 0 Å². The lowest BCUT2D eigenvalue weighted by Crippen LogP contribution is -2.26. The van der Waals surface area contributed by atoms with E-state index < -0.39 is 0 Å². The summed E-state index contributed by atoms with van der Waals surface area (Å²) < 4.78 is 10.8. The molecule has 0 unspecified atom stereocenters. The topological polar surface area (TPSA) is 70.3 Å². The molecule has 0 radical (unpaired) electrons. The molecular weight excluding hydrogens is 182 g/mol. The van der Waals surface area contributed by atoms with Crippen LogP contribution < -0.4 is 10.5 Å². The van der Waals surface area contributed by atoms with E-state index in [0.717, 1.165) is 26.1 Å². The Hall–Kier alpha value is -1.36. The minimum Gasteiger partial charge on any atom is -0.473 e. The van der Waals surface area contributed by atoms with Gasteiger partial charge in [-0.25, -0.2) is 0 Å². The number of nitrogens with zero attached hydrogens (tertiary/aromatic N) is 2. The van der Waals surface area contributed by atoms with Crippen LogP contribution in [0.15, 0.2) is 12.4 Å². The lowest BCUT2D eigenvalue weighted by atomic mass is 10.2. The molecule has 2 rings (SSSR count). The van der Waals surface area contributed by atoms with E-state index in [9.17, 15) is 0 Å².